The molecule has 0 atom stereocenters. The summed E-state index contributed by atoms with van der Waals surface area (Å²) in [4.78, 5) is 25.4. The third-order valence-electron chi connectivity index (χ3n) is 2.90. The second kappa shape index (κ2) is 5.73. The number of anilines is 1. The summed E-state index contributed by atoms with van der Waals surface area (Å²) in [6.07, 6.45) is -0.997. The molecule has 1 aliphatic rings. The number of carbonyl (C=O) groups excluding carboxylic acids is 2. The first-order chi connectivity index (χ1) is 9.74. The van der Waals surface area contributed by atoms with Crippen LogP contribution in [0.25, 0.3) is 0 Å². The third-order valence-corrected chi connectivity index (χ3v) is 2.90. The number of nitrogens with one attached hydrogen (secondary N) is 1. The van der Waals surface area contributed by atoms with E-state index >= 15 is 0 Å². The van der Waals surface area contributed by atoms with Gasteiger partial charge in [-0.15, -0.1) is 0 Å². The molecule has 2 N–H and O–H groups in total. The molecular weight excluding hydrogens is 272 g/mol. The molecule has 114 valence electrons. The SMILES string of the molecule is CC(C)(C)OC(=O)Nc1cccc(C(=O)N2CC(O)C2)c1. The molecule has 6 heteroatoms. The van der Waals surface area contributed by atoms with Crippen LogP contribution in [0.15, 0.2) is 24.3 Å². The lowest BCUT2D eigenvalue weighted by Gasteiger charge is -2.35. The number of β-amino-alcohol motifs (C(OH)–C–C–N with tert-alkyl or cyclic N) is 1. The Kier molecular flexibility index (Phi) is 4.18. The number of aliphatic hydroxyl groups is 1. The Labute approximate surface area is 123 Å². The molecule has 0 saturated carbocycles. The lowest BCUT2D eigenvalue weighted by Crippen LogP contribution is -2.53. The number of rotatable bonds is 2. The van der Waals surface area contributed by atoms with Crippen LogP contribution in [0, 0.1) is 0 Å². The molecule has 2 amide bonds. The summed E-state index contributed by atoms with van der Waals surface area (Å²) in [6, 6.07) is 6.64. The minimum atomic E-state index is -0.578. The number of amides is 2. The number of carbonyl (C=O) groups is 2. The summed E-state index contributed by atoms with van der Waals surface area (Å²) >= 11 is 0. The van der Waals surface area contributed by atoms with E-state index in [1.54, 1.807) is 49.9 Å². The van der Waals surface area contributed by atoms with Crippen molar-refractivity contribution in [2.24, 2.45) is 0 Å². The van der Waals surface area contributed by atoms with Crippen LogP contribution in [0.5, 0.6) is 0 Å². The molecule has 21 heavy (non-hydrogen) atoms. The number of nitrogens with zero attached hydrogens (tertiary/aromatic N) is 1. The van der Waals surface area contributed by atoms with Gasteiger partial charge in [-0.3, -0.25) is 10.1 Å². The number of ether oxygens (including phenoxy) is 1. The van der Waals surface area contributed by atoms with E-state index in [2.05, 4.69) is 5.32 Å². The Balaban J connectivity index is 2.01. The largest absolute Gasteiger partial charge is 0.444 e. The van der Waals surface area contributed by atoms with Crippen LogP contribution in [0.4, 0.5) is 10.5 Å². The van der Waals surface area contributed by atoms with Gasteiger partial charge >= 0.3 is 6.09 Å². The standard InChI is InChI=1S/C15H20N2O4/c1-15(2,3)21-14(20)16-11-6-4-5-10(7-11)13(19)17-8-12(18)9-17/h4-7,12,18H,8-9H2,1-3H3,(H,16,20). The van der Waals surface area contributed by atoms with E-state index in [4.69, 9.17) is 4.74 Å². The van der Waals surface area contributed by atoms with Gasteiger partial charge in [0.1, 0.15) is 5.60 Å². The van der Waals surface area contributed by atoms with Crippen molar-refractivity contribution >= 4 is 17.7 Å². The van der Waals surface area contributed by atoms with Gasteiger partial charge in [0.25, 0.3) is 5.91 Å². The van der Waals surface area contributed by atoms with E-state index in [9.17, 15) is 14.7 Å². The molecule has 0 aromatic heterocycles. The van der Waals surface area contributed by atoms with Gasteiger partial charge < -0.3 is 14.7 Å². The number of hydrogen-bond acceptors (Lipinski definition) is 4. The molecule has 1 aromatic rings. The Morgan fingerprint density at radius 2 is 2.00 bits per heavy atom. The summed E-state index contributed by atoms with van der Waals surface area (Å²) in [5.41, 5.74) is 0.386. The van der Waals surface area contributed by atoms with Gasteiger partial charge in [0.15, 0.2) is 0 Å². The van der Waals surface area contributed by atoms with Crippen molar-refractivity contribution in [3.05, 3.63) is 29.8 Å². The van der Waals surface area contributed by atoms with E-state index in [1.165, 1.54) is 0 Å². The van der Waals surface area contributed by atoms with Crippen LogP contribution in [0.1, 0.15) is 31.1 Å². The minimum absolute atomic E-state index is 0.159. The van der Waals surface area contributed by atoms with Gasteiger partial charge in [0.2, 0.25) is 0 Å². The first kappa shape index (κ1) is 15.3. The van der Waals surface area contributed by atoms with Gasteiger partial charge in [-0.2, -0.15) is 0 Å². The molecule has 0 unspecified atom stereocenters. The highest BCUT2D eigenvalue weighted by atomic mass is 16.6. The van der Waals surface area contributed by atoms with Gasteiger partial charge in [-0.25, -0.2) is 4.79 Å². The zero-order chi connectivity index (χ0) is 15.6. The molecule has 0 spiro atoms. The van der Waals surface area contributed by atoms with E-state index < -0.39 is 17.8 Å². The fourth-order valence-corrected chi connectivity index (χ4v) is 1.96. The Morgan fingerprint density at radius 1 is 1.33 bits per heavy atom. The zero-order valence-corrected chi connectivity index (χ0v) is 12.4. The van der Waals surface area contributed by atoms with Crippen molar-refractivity contribution in [3.63, 3.8) is 0 Å². The smallest absolute Gasteiger partial charge is 0.412 e. The molecule has 1 heterocycles. The topological polar surface area (TPSA) is 78.9 Å². The second-order valence-electron chi connectivity index (χ2n) is 6.07. The first-order valence-corrected chi connectivity index (χ1v) is 6.82. The van der Waals surface area contributed by atoms with Crippen LogP contribution in [-0.4, -0.2) is 46.8 Å². The maximum Gasteiger partial charge on any atom is 0.412 e. The highest BCUT2D eigenvalue weighted by Gasteiger charge is 2.29. The van der Waals surface area contributed by atoms with Crippen molar-refractivity contribution in [3.8, 4) is 0 Å². The molecule has 6 nitrogen and oxygen atoms in total. The zero-order valence-electron chi connectivity index (χ0n) is 12.4. The molecule has 1 aromatic carbocycles. The first-order valence-electron chi connectivity index (χ1n) is 6.82. The maximum atomic E-state index is 12.1. The lowest BCUT2D eigenvalue weighted by molar-refractivity contribution is 0.00590. The number of hydrogen-bond donors (Lipinski definition) is 2. The monoisotopic (exact) mass is 292 g/mol. The Bertz CT molecular complexity index is 545. The van der Waals surface area contributed by atoms with Gasteiger partial charge in [0.05, 0.1) is 6.10 Å². The molecule has 0 bridgehead atoms. The molecule has 0 radical (unpaired) electrons. The summed E-state index contributed by atoms with van der Waals surface area (Å²) in [7, 11) is 0. The van der Waals surface area contributed by atoms with E-state index in [0.717, 1.165) is 0 Å². The van der Waals surface area contributed by atoms with Crippen LogP contribution in [0.2, 0.25) is 0 Å². The Hall–Kier alpha value is -2.08. The summed E-state index contributed by atoms with van der Waals surface area (Å²) in [5.74, 6) is -0.159. The number of likely N-dealkylation sites (tertiary alicyclic amines) is 1. The maximum absolute atomic E-state index is 12.1. The number of benzene rings is 1. The van der Waals surface area contributed by atoms with E-state index in [1.807, 2.05) is 0 Å². The van der Waals surface area contributed by atoms with Crippen LogP contribution in [0.3, 0.4) is 0 Å². The quantitative estimate of drug-likeness (QED) is 0.872. The van der Waals surface area contributed by atoms with Crippen molar-refractivity contribution in [1.29, 1.82) is 0 Å². The van der Waals surface area contributed by atoms with Crippen molar-refractivity contribution in [2.75, 3.05) is 18.4 Å². The van der Waals surface area contributed by atoms with Crippen molar-refractivity contribution in [1.82, 2.24) is 4.90 Å². The highest BCUT2D eigenvalue weighted by molar-refractivity contribution is 5.96. The molecule has 2 rings (SSSR count). The van der Waals surface area contributed by atoms with Crippen LogP contribution in [-0.2, 0) is 4.74 Å². The molecule has 0 aliphatic carbocycles. The highest BCUT2D eigenvalue weighted by Crippen LogP contribution is 2.17. The van der Waals surface area contributed by atoms with Gasteiger partial charge in [-0.1, -0.05) is 6.07 Å². The average molecular weight is 292 g/mol. The molecule has 1 fully saturated rings. The van der Waals surface area contributed by atoms with Crippen molar-refractivity contribution in [2.45, 2.75) is 32.5 Å². The summed E-state index contributed by atoms with van der Waals surface area (Å²) in [6.45, 7) is 6.04. The predicted octanol–water partition coefficient (Wildman–Crippen LogP) is 1.85. The van der Waals surface area contributed by atoms with Gasteiger partial charge in [-0.05, 0) is 39.0 Å². The molecular formula is C15H20N2O4. The number of aliphatic hydroxyl groups excluding tert-OH is 1. The fourth-order valence-electron chi connectivity index (χ4n) is 1.96. The minimum Gasteiger partial charge on any atom is -0.444 e. The fraction of sp³-hybridized carbons (Fsp3) is 0.467. The summed E-state index contributed by atoms with van der Waals surface area (Å²) < 4.78 is 5.16. The molecule has 1 saturated heterocycles. The average Bonchev–Trinajstić information content (AvgIpc) is 2.32. The van der Waals surface area contributed by atoms with E-state index in [-0.39, 0.29) is 5.91 Å². The van der Waals surface area contributed by atoms with Crippen LogP contribution >= 0.6 is 0 Å². The van der Waals surface area contributed by atoms with E-state index in [0.29, 0.717) is 24.3 Å². The van der Waals surface area contributed by atoms with Gasteiger partial charge in [0, 0.05) is 24.3 Å². The Morgan fingerprint density at radius 3 is 2.57 bits per heavy atom. The lowest BCUT2D eigenvalue weighted by atomic mass is 10.1. The summed E-state index contributed by atoms with van der Waals surface area (Å²) in [5, 5.41) is 11.8. The van der Waals surface area contributed by atoms with Crippen molar-refractivity contribution < 1.29 is 19.4 Å². The molecule has 1 aliphatic heterocycles. The predicted molar refractivity (Wildman–Crippen MR) is 78.2 cm³/mol. The van der Waals surface area contributed by atoms with Crippen LogP contribution < -0.4 is 5.32 Å². The normalized spacial score (nSPS) is 15.3. The third kappa shape index (κ3) is 4.19. The second-order valence-corrected chi connectivity index (χ2v) is 6.07.